The van der Waals surface area contributed by atoms with Crippen LogP contribution in [0.5, 0.6) is 5.75 Å². The van der Waals surface area contributed by atoms with Gasteiger partial charge in [0.05, 0.1) is 6.61 Å². The van der Waals surface area contributed by atoms with Gasteiger partial charge >= 0.3 is 0 Å². The average Bonchev–Trinajstić information content (AvgIpc) is 2.93. The Kier molecular flexibility index (Phi) is 5.86. The van der Waals surface area contributed by atoms with E-state index in [1.54, 1.807) is 0 Å². The van der Waals surface area contributed by atoms with Crippen LogP contribution < -0.4 is 10.1 Å². The third-order valence-corrected chi connectivity index (χ3v) is 4.25. The van der Waals surface area contributed by atoms with Crippen LogP contribution in [-0.4, -0.2) is 37.2 Å². The SMILES string of the molecule is CCOc1ccccc1C(C)NCC1CCCN1CC. The third kappa shape index (κ3) is 3.74. The molecule has 0 spiro atoms. The second-order valence-corrected chi connectivity index (χ2v) is 5.53. The Morgan fingerprint density at radius 3 is 2.90 bits per heavy atom. The molecule has 1 aromatic carbocycles. The molecule has 0 radical (unpaired) electrons. The molecule has 0 saturated carbocycles. The lowest BCUT2D eigenvalue weighted by atomic mass is 10.1. The van der Waals surface area contributed by atoms with Crippen molar-refractivity contribution in [2.45, 2.75) is 45.7 Å². The molecule has 3 nitrogen and oxygen atoms in total. The summed E-state index contributed by atoms with van der Waals surface area (Å²) >= 11 is 0. The first-order valence-corrected chi connectivity index (χ1v) is 7.95. The topological polar surface area (TPSA) is 24.5 Å². The van der Waals surface area contributed by atoms with E-state index in [1.165, 1.54) is 24.9 Å². The lowest BCUT2D eigenvalue weighted by Crippen LogP contribution is -2.38. The molecule has 0 bridgehead atoms. The summed E-state index contributed by atoms with van der Waals surface area (Å²) in [4.78, 5) is 2.58. The highest BCUT2D eigenvalue weighted by Gasteiger charge is 2.23. The lowest BCUT2D eigenvalue weighted by molar-refractivity contribution is 0.254. The van der Waals surface area contributed by atoms with Crippen molar-refractivity contribution in [3.63, 3.8) is 0 Å². The minimum absolute atomic E-state index is 0.331. The highest BCUT2D eigenvalue weighted by Crippen LogP contribution is 2.25. The summed E-state index contributed by atoms with van der Waals surface area (Å²) in [6.07, 6.45) is 2.66. The number of para-hydroxylation sites is 1. The number of rotatable bonds is 7. The smallest absolute Gasteiger partial charge is 0.124 e. The van der Waals surface area contributed by atoms with E-state index in [-0.39, 0.29) is 0 Å². The summed E-state index contributed by atoms with van der Waals surface area (Å²) in [5.74, 6) is 1.01. The van der Waals surface area contributed by atoms with Gasteiger partial charge in [0.1, 0.15) is 5.75 Å². The van der Waals surface area contributed by atoms with E-state index in [9.17, 15) is 0 Å². The zero-order chi connectivity index (χ0) is 14.4. The monoisotopic (exact) mass is 276 g/mol. The summed E-state index contributed by atoms with van der Waals surface area (Å²) in [5.41, 5.74) is 1.26. The van der Waals surface area contributed by atoms with Gasteiger partial charge in [0.25, 0.3) is 0 Å². The molecule has 1 heterocycles. The van der Waals surface area contributed by atoms with Gasteiger partial charge in [-0.05, 0) is 45.8 Å². The van der Waals surface area contributed by atoms with Crippen LogP contribution in [0.2, 0.25) is 0 Å². The molecule has 0 amide bonds. The highest BCUT2D eigenvalue weighted by atomic mass is 16.5. The van der Waals surface area contributed by atoms with Crippen LogP contribution in [-0.2, 0) is 0 Å². The van der Waals surface area contributed by atoms with E-state index in [1.807, 2.05) is 13.0 Å². The van der Waals surface area contributed by atoms with Crippen molar-refractivity contribution in [3.8, 4) is 5.75 Å². The van der Waals surface area contributed by atoms with Crippen LogP contribution in [0.3, 0.4) is 0 Å². The summed E-state index contributed by atoms with van der Waals surface area (Å²) < 4.78 is 5.72. The number of nitrogens with zero attached hydrogens (tertiary/aromatic N) is 1. The fourth-order valence-corrected chi connectivity index (χ4v) is 3.09. The second kappa shape index (κ2) is 7.65. The normalized spacial score (nSPS) is 21.1. The highest BCUT2D eigenvalue weighted by molar-refractivity contribution is 5.35. The van der Waals surface area contributed by atoms with Crippen LogP contribution in [0.15, 0.2) is 24.3 Å². The van der Waals surface area contributed by atoms with E-state index >= 15 is 0 Å². The maximum absolute atomic E-state index is 5.72. The van der Waals surface area contributed by atoms with E-state index < -0.39 is 0 Å². The fourth-order valence-electron chi connectivity index (χ4n) is 3.09. The Morgan fingerprint density at radius 2 is 2.15 bits per heavy atom. The zero-order valence-electron chi connectivity index (χ0n) is 13.1. The van der Waals surface area contributed by atoms with Gasteiger partial charge < -0.3 is 10.1 Å². The number of nitrogens with one attached hydrogen (secondary N) is 1. The molecule has 20 heavy (non-hydrogen) atoms. The number of ether oxygens (including phenoxy) is 1. The summed E-state index contributed by atoms with van der Waals surface area (Å²) in [7, 11) is 0. The van der Waals surface area contributed by atoms with Crippen molar-refractivity contribution in [2.24, 2.45) is 0 Å². The molecule has 0 aliphatic carbocycles. The van der Waals surface area contributed by atoms with Gasteiger partial charge in [-0.1, -0.05) is 25.1 Å². The summed E-state index contributed by atoms with van der Waals surface area (Å²) in [5, 5.41) is 3.68. The van der Waals surface area contributed by atoms with Gasteiger partial charge in [-0.3, -0.25) is 4.90 Å². The Hall–Kier alpha value is -1.06. The van der Waals surface area contributed by atoms with Gasteiger partial charge in [0, 0.05) is 24.2 Å². The number of likely N-dealkylation sites (tertiary alicyclic amines) is 1. The van der Waals surface area contributed by atoms with Gasteiger partial charge in [-0.15, -0.1) is 0 Å². The minimum atomic E-state index is 0.331. The third-order valence-electron chi connectivity index (χ3n) is 4.25. The van der Waals surface area contributed by atoms with Crippen molar-refractivity contribution in [1.29, 1.82) is 0 Å². The van der Waals surface area contributed by atoms with Crippen LogP contribution >= 0.6 is 0 Å². The molecule has 1 saturated heterocycles. The first-order chi connectivity index (χ1) is 9.76. The standard InChI is InChI=1S/C17H28N2O/c1-4-19-12-8-9-15(19)13-18-14(3)16-10-6-7-11-17(16)20-5-2/h6-7,10-11,14-15,18H,4-5,8-9,12-13H2,1-3H3. The summed E-state index contributed by atoms with van der Waals surface area (Å²) in [6.45, 7) is 10.7. The Morgan fingerprint density at radius 1 is 1.35 bits per heavy atom. The average molecular weight is 276 g/mol. The van der Waals surface area contributed by atoms with Crippen LogP contribution in [0.25, 0.3) is 0 Å². The van der Waals surface area contributed by atoms with Crippen LogP contribution in [0.4, 0.5) is 0 Å². The van der Waals surface area contributed by atoms with Gasteiger partial charge in [0.2, 0.25) is 0 Å². The molecule has 1 fully saturated rings. The van der Waals surface area contributed by atoms with E-state index in [0.29, 0.717) is 12.1 Å². The molecule has 2 atom stereocenters. The molecule has 112 valence electrons. The van der Waals surface area contributed by atoms with Gasteiger partial charge in [0.15, 0.2) is 0 Å². The van der Waals surface area contributed by atoms with Crippen molar-refractivity contribution >= 4 is 0 Å². The second-order valence-electron chi connectivity index (χ2n) is 5.53. The molecular weight excluding hydrogens is 248 g/mol. The Balaban J connectivity index is 1.93. The van der Waals surface area contributed by atoms with Crippen LogP contribution in [0, 0.1) is 0 Å². The molecule has 2 unspecified atom stereocenters. The molecular formula is C17H28N2O. The van der Waals surface area contributed by atoms with Crippen molar-refractivity contribution < 1.29 is 4.74 Å². The van der Waals surface area contributed by atoms with Gasteiger partial charge in [-0.25, -0.2) is 0 Å². The Labute approximate surface area is 123 Å². The number of likely N-dealkylation sites (N-methyl/N-ethyl adjacent to an activating group) is 1. The molecule has 2 rings (SSSR count). The van der Waals surface area contributed by atoms with E-state index in [0.717, 1.165) is 25.4 Å². The number of benzene rings is 1. The summed E-state index contributed by atoms with van der Waals surface area (Å²) in [6, 6.07) is 9.37. The van der Waals surface area contributed by atoms with E-state index in [2.05, 4.69) is 42.3 Å². The molecule has 1 aliphatic rings. The fraction of sp³-hybridized carbons (Fsp3) is 0.647. The van der Waals surface area contributed by atoms with Crippen LogP contribution in [0.1, 0.15) is 45.2 Å². The molecule has 1 N–H and O–H groups in total. The lowest BCUT2D eigenvalue weighted by Gasteiger charge is -2.25. The predicted octanol–water partition coefficient (Wildman–Crippen LogP) is 3.22. The number of hydrogen-bond acceptors (Lipinski definition) is 3. The molecule has 3 heteroatoms. The van der Waals surface area contributed by atoms with Crippen molar-refractivity contribution in [1.82, 2.24) is 10.2 Å². The molecule has 1 aromatic rings. The first-order valence-electron chi connectivity index (χ1n) is 7.95. The molecule has 1 aliphatic heterocycles. The minimum Gasteiger partial charge on any atom is -0.494 e. The number of hydrogen-bond donors (Lipinski definition) is 1. The maximum atomic E-state index is 5.72. The van der Waals surface area contributed by atoms with Crippen molar-refractivity contribution in [3.05, 3.63) is 29.8 Å². The Bertz CT molecular complexity index is 408. The molecule has 0 aromatic heterocycles. The first kappa shape index (κ1) is 15.3. The maximum Gasteiger partial charge on any atom is 0.124 e. The zero-order valence-corrected chi connectivity index (χ0v) is 13.1. The largest absolute Gasteiger partial charge is 0.494 e. The predicted molar refractivity (Wildman–Crippen MR) is 84.3 cm³/mol. The quantitative estimate of drug-likeness (QED) is 0.827. The van der Waals surface area contributed by atoms with E-state index in [4.69, 9.17) is 4.74 Å². The van der Waals surface area contributed by atoms with Crippen molar-refractivity contribution in [2.75, 3.05) is 26.2 Å². The van der Waals surface area contributed by atoms with Gasteiger partial charge in [-0.2, -0.15) is 0 Å².